The van der Waals surface area contributed by atoms with Crippen LogP contribution in [0.15, 0.2) is 24.3 Å². The van der Waals surface area contributed by atoms with E-state index in [0.717, 1.165) is 64.6 Å². The Morgan fingerprint density at radius 1 is 1.11 bits per heavy atom. The zero-order valence-corrected chi connectivity index (χ0v) is 19.2. The summed E-state index contributed by atoms with van der Waals surface area (Å²) in [5, 5.41) is 19.7. The number of rotatable bonds is 5. The molecule has 6 nitrogen and oxygen atoms in total. The Morgan fingerprint density at radius 3 is 2.49 bits per heavy atom. The molecule has 1 saturated carbocycles. The molecule has 35 heavy (non-hydrogen) atoms. The number of hydrogen-bond donors (Lipinski definition) is 1. The second-order valence-corrected chi connectivity index (χ2v) is 9.88. The van der Waals surface area contributed by atoms with Gasteiger partial charge in [-0.3, -0.25) is 0 Å². The van der Waals surface area contributed by atoms with Gasteiger partial charge in [0.1, 0.15) is 17.4 Å². The molecular formula is C25H27F4N5O. The van der Waals surface area contributed by atoms with Crippen molar-refractivity contribution in [2.75, 3.05) is 38.2 Å². The van der Waals surface area contributed by atoms with Gasteiger partial charge in [-0.1, -0.05) is 6.07 Å². The third-order valence-corrected chi connectivity index (χ3v) is 7.52. The summed E-state index contributed by atoms with van der Waals surface area (Å²) in [6.07, 6.45) is -0.931. The minimum atomic E-state index is -4.69. The summed E-state index contributed by atoms with van der Waals surface area (Å²) in [5.41, 5.74) is -1.69. The maximum atomic E-state index is 14.5. The maximum absolute atomic E-state index is 14.5. The third-order valence-electron chi connectivity index (χ3n) is 7.52. The van der Waals surface area contributed by atoms with E-state index in [2.05, 4.69) is 20.4 Å². The number of ether oxygens (including phenoxy) is 1. The lowest BCUT2D eigenvalue weighted by Crippen LogP contribution is -2.32. The lowest BCUT2D eigenvalue weighted by molar-refractivity contribution is -0.137. The summed E-state index contributed by atoms with van der Waals surface area (Å²) in [6.45, 7) is 4.68. The molecule has 1 N–H and O–H groups in total. The van der Waals surface area contributed by atoms with Crippen LogP contribution in [-0.2, 0) is 10.9 Å². The molecule has 0 radical (unpaired) electrons. The van der Waals surface area contributed by atoms with E-state index in [1.807, 2.05) is 0 Å². The molecule has 10 heteroatoms. The molecule has 1 aromatic carbocycles. The topological polar surface area (TPSA) is 74.1 Å². The largest absolute Gasteiger partial charge is 0.420 e. The van der Waals surface area contributed by atoms with Gasteiger partial charge in [0.05, 0.1) is 11.3 Å². The molecule has 2 saturated heterocycles. The van der Waals surface area contributed by atoms with Crippen LogP contribution in [0.1, 0.15) is 36.8 Å². The van der Waals surface area contributed by atoms with Gasteiger partial charge in [0, 0.05) is 44.5 Å². The average molecular weight is 490 g/mol. The number of alkyl halides is 3. The van der Waals surface area contributed by atoms with Crippen molar-refractivity contribution < 1.29 is 22.3 Å². The standard InChI is InChI=1S/C25H27F4N5O/c26-23-16(11-30)2-1-3-20(23)22-10-21(25(27,28)29)24(33-32-22)31-19-8-17-13-34(14-18(17)9-19)12-15-4-6-35-7-5-15/h1-3,10,15,17-19H,4-9,12-14H2,(H,31,33)/t17-,18+,19?. The van der Waals surface area contributed by atoms with E-state index < -0.39 is 17.6 Å². The molecule has 3 aliphatic rings. The van der Waals surface area contributed by atoms with Crippen molar-refractivity contribution in [3.05, 3.63) is 41.2 Å². The van der Waals surface area contributed by atoms with E-state index >= 15 is 0 Å². The molecular weight excluding hydrogens is 462 g/mol. The number of hydrogen-bond acceptors (Lipinski definition) is 6. The zero-order chi connectivity index (χ0) is 24.6. The first-order valence-electron chi connectivity index (χ1n) is 12.0. The quantitative estimate of drug-likeness (QED) is 0.613. The summed E-state index contributed by atoms with van der Waals surface area (Å²) in [4.78, 5) is 2.50. The molecule has 1 unspecified atom stereocenters. The summed E-state index contributed by atoms with van der Waals surface area (Å²) < 4.78 is 61.7. The Bertz CT molecular complexity index is 1100. The first-order chi connectivity index (χ1) is 16.8. The fourth-order valence-electron chi connectivity index (χ4n) is 5.81. The van der Waals surface area contributed by atoms with Gasteiger partial charge in [-0.25, -0.2) is 4.39 Å². The third kappa shape index (κ3) is 5.11. The predicted octanol–water partition coefficient (Wildman–Crippen LogP) is 4.72. The van der Waals surface area contributed by atoms with Crippen LogP contribution in [-0.4, -0.2) is 54.0 Å². The second-order valence-electron chi connectivity index (χ2n) is 9.88. The van der Waals surface area contributed by atoms with Gasteiger partial charge in [0.15, 0.2) is 5.82 Å². The summed E-state index contributed by atoms with van der Waals surface area (Å²) in [6, 6.07) is 6.33. The van der Waals surface area contributed by atoms with Crippen LogP contribution in [0.3, 0.4) is 0 Å². The van der Waals surface area contributed by atoms with Crippen LogP contribution < -0.4 is 5.32 Å². The first kappa shape index (κ1) is 23.9. The fourth-order valence-corrected chi connectivity index (χ4v) is 5.81. The number of nitrogens with one attached hydrogen (secondary N) is 1. The zero-order valence-electron chi connectivity index (χ0n) is 19.2. The van der Waals surface area contributed by atoms with E-state index in [-0.39, 0.29) is 28.7 Å². The van der Waals surface area contributed by atoms with Crippen molar-refractivity contribution in [3.8, 4) is 17.3 Å². The fraction of sp³-hybridized carbons (Fsp3) is 0.560. The van der Waals surface area contributed by atoms with Crippen molar-refractivity contribution in [3.63, 3.8) is 0 Å². The van der Waals surface area contributed by atoms with Gasteiger partial charge in [0.25, 0.3) is 0 Å². The number of anilines is 1. The Hall–Kier alpha value is -2.77. The van der Waals surface area contributed by atoms with Gasteiger partial charge >= 0.3 is 6.18 Å². The van der Waals surface area contributed by atoms with E-state index in [0.29, 0.717) is 17.8 Å². The smallest absolute Gasteiger partial charge is 0.381 e. The van der Waals surface area contributed by atoms with E-state index in [4.69, 9.17) is 10.00 Å². The van der Waals surface area contributed by atoms with Gasteiger partial charge in [-0.2, -0.15) is 18.4 Å². The molecule has 2 aliphatic heterocycles. The summed E-state index contributed by atoms with van der Waals surface area (Å²) >= 11 is 0. The molecule has 186 valence electrons. The van der Waals surface area contributed by atoms with Crippen molar-refractivity contribution >= 4 is 5.82 Å². The molecule has 0 amide bonds. The Kier molecular flexibility index (Phi) is 6.64. The average Bonchev–Trinajstić information content (AvgIpc) is 3.37. The number of halogens is 4. The summed E-state index contributed by atoms with van der Waals surface area (Å²) in [5.74, 6) is 0.334. The summed E-state index contributed by atoms with van der Waals surface area (Å²) in [7, 11) is 0. The lowest BCUT2D eigenvalue weighted by Gasteiger charge is -2.28. The molecule has 5 rings (SSSR count). The van der Waals surface area contributed by atoms with Crippen molar-refractivity contribution in [1.29, 1.82) is 5.26 Å². The van der Waals surface area contributed by atoms with Gasteiger partial charge in [0.2, 0.25) is 0 Å². The van der Waals surface area contributed by atoms with Crippen LogP contribution in [0.25, 0.3) is 11.3 Å². The van der Waals surface area contributed by atoms with Gasteiger partial charge in [-0.05, 0) is 61.6 Å². The highest BCUT2D eigenvalue weighted by Crippen LogP contribution is 2.42. The number of likely N-dealkylation sites (tertiary alicyclic amines) is 1. The van der Waals surface area contributed by atoms with E-state index in [1.165, 1.54) is 18.2 Å². The van der Waals surface area contributed by atoms with E-state index in [9.17, 15) is 17.6 Å². The molecule has 2 aromatic rings. The maximum Gasteiger partial charge on any atom is 0.420 e. The van der Waals surface area contributed by atoms with Crippen LogP contribution in [0.2, 0.25) is 0 Å². The monoisotopic (exact) mass is 489 g/mol. The normalized spacial score (nSPS) is 25.4. The molecule has 3 heterocycles. The molecule has 3 atom stereocenters. The number of aromatic nitrogens is 2. The van der Waals surface area contributed by atoms with Crippen molar-refractivity contribution in [1.82, 2.24) is 15.1 Å². The molecule has 1 aromatic heterocycles. The van der Waals surface area contributed by atoms with Crippen LogP contribution >= 0.6 is 0 Å². The number of fused-ring (bicyclic) bond motifs is 1. The Balaban J connectivity index is 1.28. The van der Waals surface area contributed by atoms with Crippen LogP contribution in [0, 0.1) is 34.9 Å². The molecule has 0 bridgehead atoms. The number of nitriles is 1. The first-order valence-corrected chi connectivity index (χ1v) is 12.0. The van der Waals surface area contributed by atoms with Crippen molar-refractivity contribution in [2.45, 2.75) is 37.9 Å². The van der Waals surface area contributed by atoms with Gasteiger partial charge in [-0.15, -0.1) is 10.2 Å². The number of nitrogens with zero attached hydrogens (tertiary/aromatic N) is 4. The van der Waals surface area contributed by atoms with Crippen LogP contribution in [0.4, 0.5) is 23.4 Å². The molecule has 3 fully saturated rings. The molecule has 0 spiro atoms. The predicted molar refractivity (Wildman–Crippen MR) is 121 cm³/mol. The lowest BCUT2D eigenvalue weighted by atomic mass is 10.00. The second kappa shape index (κ2) is 9.70. The Labute approximate surface area is 201 Å². The molecule has 1 aliphatic carbocycles. The van der Waals surface area contributed by atoms with Crippen LogP contribution in [0.5, 0.6) is 0 Å². The Morgan fingerprint density at radius 2 is 1.83 bits per heavy atom. The highest BCUT2D eigenvalue weighted by atomic mass is 19.4. The van der Waals surface area contributed by atoms with E-state index in [1.54, 1.807) is 6.07 Å². The van der Waals surface area contributed by atoms with Gasteiger partial charge < -0.3 is 15.0 Å². The highest BCUT2D eigenvalue weighted by molar-refractivity contribution is 5.65. The SMILES string of the molecule is N#Cc1cccc(-c2cc(C(F)(F)F)c(NC3C[C@@H]4CN(CC5CCOCC5)C[C@@H]4C3)nn2)c1F. The number of benzene rings is 1. The highest BCUT2D eigenvalue weighted by Gasteiger charge is 2.43. The minimum absolute atomic E-state index is 0.116. The van der Waals surface area contributed by atoms with Crippen molar-refractivity contribution in [2.24, 2.45) is 17.8 Å². The minimum Gasteiger partial charge on any atom is -0.381 e.